The summed E-state index contributed by atoms with van der Waals surface area (Å²) >= 11 is 9.67. The first-order chi connectivity index (χ1) is 6.55. The van der Waals surface area contributed by atoms with E-state index in [1.165, 1.54) is 0 Å². The van der Waals surface area contributed by atoms with Crippen LogP contribution in [-0.4, -0.2) is 8.64 Å². The van der Waals surface area contributed by atoms with Gasteiger partial charge in [-0.05, 0) is 0 Å². The Bertz CT molecular complexity index is 384. The molecule has 1 fully saturated rings. The summed E-state index contributed by atoms with van der Waals surface area (Å²) in [6.07, 6.45) is 0. The standard InChI is InChI=1S/C2H10N6O2P2S3/c3-11(4,9)15(12(5,6)10)1(13)7-8-2(15)14/h(H,7,13)(H,8,14)(H4,3,4,9)(H4,5,6,10). The van der Waals surface area contributed by atoms with Crippen molar-refractivity contribution in [2.24, 2.45) is 22.0 Å². The Kier molecular flexibility index (Phi) is 3.35. The summed E-state index contributed by atoms with van der Waals surface area (Å²) < 4.78 is 23.4. The van der Waals surface area contributed by atoms with Gasteiger partial charge < -0.3 is 0 Å². The van der Waals surface area contributed by atoms with Crippen molar-refractivity contribution in [3.8, 4) is 0 Å². The first kappa shape index (κ1) is 13.5. The number of hydrazine groups is 1. The average Bonchev–Trinajstić information content (AvgIpc) is 2.23. The molecule has 0 radical (unpaired) electrons. The van der Waals surface area contributed by atoms with E-state index in [-0.39, 0.29) is 8.64 Å². The minimum absolute atomic E-state index is 0.130. The zero-order chi connectivity index (χ0) is 12.1. The van der Waals surface area contributed by atoms with Crippen molar-refractivity contribution in [1.29, 1.82) is 0 Å². The minimum Gasteiger partial charge on any atom is -0.284 e. The van der Waals surface area contributed by atoms with E-state index in [1.807, 2.05) is 0 Å². The molecule has 88 valence electrons. The van der Waals surface area contributed by atoms with Gasteiger partial charge >= 0.3 is 0 Å². The molecule has 0 aromatic heterocycles. The van der Waals surface area contributed by atoms with Crippen LogP contribution in [0.15, 0.2) is 0 Å². The number of nitrogens with two attached hydrogens (primary N) is 4. The zero-order valence-electron chi connectivity index (χ0n) is 7.25. The zero-order valence-corrected chi connectivity index (χ0v) is 11.5. The van der Waals surface area contributed by atoms with Crippen LogP contribution in [0.25, 0.3) is 0 Å². The molecule has 8 nitrogen and oxygen atoms in total. The Morgan fingerprint density at radius 1 is 0.933 bits per heavy atom. The van der Waals surface area contributed by atoms with Gasteiger partial charge in [0.2, 0.25) is 0 Å². The molecule has 15 heavy (non-hydrogen) atoms. The maximum absolute atomic E-state index is 11.8. The molecule has 0 aliphatic carbocycles. The second kappa shape index (κ2) is 3.73. The number of thiocarbonyl (C=S) groups is 2. The fourth-order valence-electron chi connectivity index (χ4n) is 1.05. The molecule has 0 aromatic rings. The van der Waals surface area contributed by atoms with Gasteiger partial charge in [-0.25, -0.2) is 0 Å². The second-order valence-electron chi connectivity index (χ2n) is 2.66. The van der Waals surface area contributed by atoms with Crippen molar-refractivity contribution < 1.29 is 9.13 Å². The van der Waals surface area contributed by atoms with Gasteiger partial charge in [-0.2, -0.15) is 0 Å². The van der Waals surface area contributed by atoms with Gasteiger partial charge in [0.15, 0.2) is 8.64 Å². The Morgan fingerprint density at radius 3 is 1.33 bits per heavy atom. The summed E-state index contributed by atoms with van der Waals surface area (Å²) in [5.74, 6) is 0. The van der Waals surface area contributed by atoms with Crippen LogP contribution in [0.1, 0.15) is 0 Å². The highest BCUT2D eigenvalue weighted by Crippen LogP contribution is 2.90. The third-order valence-corrected chi connectivity index (χ3v) is 19.4. The highest BCUT2D eigenvalue weighted by atomic mass is 33.1. The van der Waals surface area contributed by atoms with E-state index in [4.69, 9.17) is 46.5 Å². The Hall–Kier alpha value is 0.430. The third kappa shape index (κ3) is 1.78. The monoisotopic (exact) mass is 308 g/mol. The van der Waals surface area contributed by atoms with E-state index in [2.05, 4.69) is 10.9 Å². The number of hydrogen-bond donors (Lipinski definition) is 6. The average molecular weight is 308 g/mol. The lowest BCUT2D eigenvalue weighted by atomic mass is 11.4. The summed E-state index contributed by atoms with van der Waals surface area (Å²) in [5, 5.41) is 0. The number of nitrogens with one attached hydrogen (secondary N) is 2. The van der Waals surface area contributed by atoms with E-state index in [0.717, 1.165) is 0 Å². The molecule has 1 heterocycles. The Labute approximate surface area is 97.6 Å². The van der Waals surface area contributed by atoms with Crippen LogP contribution in [0, 0.1) is 0 Å². The largest absolute Gasteiger partial charge is 0.284 e. The molecule has 0 unspecified atom stereocenters. The predicted molar refractivity (Wildman–Crippen MR) is 71.0 cm³/mol. The van der Waals surface area contributed by atoms with Gasteiger partial charge in [0, 0.05) is 9.27 Å². The highest BCUT2D eigenvalue weighted by molar-refractivity contribution is 9.18. The predicted octanol–water partition coefficient (Wildman–Crippen LogP) is -0.480. The molecule has 10 N–H and O–H groups in total. The Morgan fingerprint density at radius 2 is 1.20 bits per heavy atom. The van der Waals surface area contributed by atoms with E-state index in [9.17, 15) is 9.13 Å². The molecule has 1 aliphatic rings. The van der Waals surface area contributed by atoms with E-state index < -0.39 is 22.6 Å². The molecule has 0 atom stereocenters. The van der Waals surface area contributed by atoms with Crippen LogP contribution in [-0.2, 0) is 9.13 Å². The molecular formula is C2H10N6O2P2S3. The van der Waals surface area contributed by atoms with E-state index in [0.29, 0.717) is 0 Å². The molecular weight excluding hydrogens is 298 g/mol. The summed E-state index contributed by atoms with van der Waals surface area (Å²) in [6.45, 7) is -7.83. The SMILES string of the molecule is NP(N)(=O)S1(P(N)(N)=O)C(=S)NNC1=S. The molecule has 0 bridgehead atoms. The van der Waals surface area contributed by atoms with Gasteiger partial charge in [-0.1, -0.05) is 24.4 Å². The van der Waals surface area contributed by atoms with Crippen LogP contribution in [0.4, 0.5) is 0 Å². The van der Waals surface area contributed by atoms with Crippen molar-refractivity contribution in [2.75, 3.05) is 0 Å². The first-order valence-electron chi connectivity index (χ1n) is 3.33. The first-order valence-corrected chi connectivity index (χ1v) is 10.7. The number of rotatable bonds is 2. The summed E-state index contributed by atoms with van der Waals surface area (Å²) in [7, 11) is -3.09. The lowest BCUT2D eigenvalue weighted by molar-refractivity contribution is 0.585. The molecule has 0 amide bonds. The van der Waals surface area contributed by atoms with E-state index >= 15 is 0 Å². The van der Waals surface area contributed by atoms with Gasteiger partial charge in [0.05, 0.1) is 0 Å². The smallest absolute Gasteiger partial charge is 0.264 e. The fraction of sp³-hybridized carbons (Fsp3) is 0. The molecule has 0 saturated carbocycles. The molecule has 0 spiro atoms. The maximum atomic E-state index is 11.8. The van der Waals surface area contributed by atoms with Crippen molar-refractivity contribution in [2.45, 2.75) is 0 Å². The van der Waals surface area contributed by atoms with Crippen molar-refractivity contribution in [3.63, 3.8) is 0 Å². The molecule has 1 saturated heterocycles. The van der Waals surface area contributed by atoms with Crippen molar-refractivity contribution in [1.82, 2.24) is 10.9 Å². The Balaban J connectivity index is 3.59. The van der Waals surface area contributed by atoms with Gasteiger partial charge in [-0.15, -0.1) is 0 Å². The summed E-state index contributed by atoms with van der Waals surface area (Å²) in [6, 6.07) is 0. The van der Waals surface area contributed by atoms with Crippen LogP contribution in [0.5, 0.6) is 0 Å². The summed E-state index contributed by atoms with van der Waals surface area (Å²) in [4.78, 5) is 0. The molecule has 1 rings (SSSR count). The van der Waals surface area contributed by atoms with Crippen LogP contribution in [0.3, 0.4) is 0 Å². The van der Waals surface area contributed by atoms with Gasteiger partial charge in [0.1, 0.15) is 0 Å². The van der Waals surface area contributed by atoms with E-state index in [1.54, 1.807) is 0 Å². The quantitative estimate of drug-likeness (QED) is 0.290. The summed E-state index contributed by atoms with van der Waals surface area (Å²) in [5.41, 5.74) is 26.1. The van der Waals surface area contributed by atoms with Crippen molar-refractivity contribution in [3.05, 3.63) is 0 Å². The normalized spacial score (nSPS) is 23.2. The fourth-order valence-corrected chi connectivity index (χ4v) is 16.4. The topological polar surface area (TPSA) is 162 Å². The van der Waals surface area contributed by atoms with Crippen LogP contribution in [0.2, 0.25) is 0 Å². The molecule has 1 aliphatic heterocycles. The van der Waals surface area contributed by atoms with Crippen molar-refractivity contribution >= 4 is 55.6 Å². The second-order valence-corrected chi connectivity index (χ2v) is 16.1. The molecule has 13 heteroatoms. The lowest BCUT2D eigenvalue weighted by Gasteiger charge is -2.37. The lowest BCUT2D eigenvalue weighted by Crippen LogP contribution is -2.27. The molecule has 0 aromatic carbocycles. The van der Waals surface area contributed by atoms with Gasteiger partial charge in [0.25, 0.3) is 13.3 Å². The van der Waals surface area contributed by atoms with Crippen LogP contribution >= 0.6 is 47.0 Å². The number of hydrogen-bond acceptors (Lipinski definition) is 4. The minimum atomic E-state index is -3.92. The van der Waals surface area contributed by atoms with Crippen LogP contribution < -0.4 is 32.9 Å². The highest BCUT2D eigenvalue weighted by Gasteiger charge is 2.59. The van der Waals surface area contributed by atoms with Gasteiger partial charge in [-0.3, -0.25) is 42.0 Å². The maximum Gasteiger partial charge on any atom is 0.264 e. The third-order valence-electron chi connectivity index (χ3n) is 1.61.